The molecule has 1 aromatic heterocycles. The van der Waals surface area contributed by atoms with E-state index in [0.29, 0.717) is 10.6 Å². The molecule has 0 saturated carbocycles. The van der Waals surface area contributed by atoms with Crippen molar-refractivity contribution in [3.63, 3.8) is 0 Å². The SMILES string of the molecule is CCc1sc(C(=O)OCCOc2ccc(S(=O)(=O)N(C)C)cc2)cc1C. The van der Waals surface area contributed by atoms with Crippen molar-refractivity contribution in [3.05, 3.63) is 45.6 Å². The molecule has 1 aromatic carbocycles. The molecule has 142 valence electrons. The van der Waals surface area contributed by atoms with E-state index >= 15 is 0 Å². The van der Waals surface area contributed by atoms with Crippen LogP contribution in [-0.4, -0.2) is 46.0 Å². The van der Waals surface area contributed by atoms with Crippen molar-refractivity contribution in [2.75, 3.05) is 27.3 Å². The maximum absolute atomic E-state index is 12.0. The molecule has 0 N–H and O–H groups in total. The van der Waals surface area contributed by atoms with Crippen LogP contribution in [0.4, 0.5) is 0 Å². The van der Waals surface area contributed by atoms with E-state index in [-0.39, 0.29) is 24.1 Å². The van der Waals surface area contributed by atoms with Gasteiger partial charge in [-0.25, -0.2) is 17.5 Å². The van der Waals surface area contributed by atoms with Crippen molar-refractivity contribution in [1.29, 1.82) is 0 Å². The number of aryl methyl sites for hydroxylation is 2. The van der Waals surface area contributed by atoms with Gasteiger partial charge in [-0.2, -0.15) is 0 Å². The second-order valence-electron chi connectivity index (χ2n) is 5.81. The molecule has 0 fully saturated rings. The Morgan fingerprint density at radius 1 is 1.15 bits per heavy atom. The average molecular weight is 398 g/mol. The van der Waals surface area contributed by atoms with Crippen LogP contribution in [0.2, 0.25) is 0 Å². The summed E-state index contributed by atoms with van der Waals surface area (Å²) in [6.07, 6.45) is 0.895. The first-order valence-corrected chi connectivity index (χ1v) is 10.4. The highest BCUT2D eigenvalue weighted by atomic mass is 32.2. The Hall–Kier alpha value is -1.90. The largest absolute Gasteiger partial charge is 0.490 e. The van der Waals surface area contributed by atoms with Gasteiger partial charge in [-0.15, -0.1) is 11.3 Å². The van der Waals surface area contributed by atoms with Gasteiger partial charge in [0.15, 0.2) is 0 Å². The van der Waals surface area contributed by atoms with Crippen LogP contribution in [0.5, 0.6) is 5.75 Å². The predicted octanol–water partition coefficient (Wildman–Crippen LogP) is 3.11. The van der Waals surface area contributed by atoms with Gasteiger partial charge in [0.1, 0.15) is 23.8 Å². The van der Waals surface area contributed by atoms with Crippen LogP contribution in [0.1, 0.15) is 27.0 Å². The Bertz CT molecular complexity index is 854. The second kappa shape index (κ2) is 8.66. The standard InChI is InChI=1S/C18H23NO5S2/c1-5-16-13(2)12-17(25-16)18(20)24-11-10-23-14-6-8-15(9-7-14)26(21,22)19(3)4/h6-9,12H,5,10-11H2,1-4H3. The summed E-state index contributed by atoms with van der Waals surface area (Å²) in [6.45, 7) is 4.34. The average Bonchev–Trinajstić information content (AvgIpc) is 2.99. The molecule has 0 aliphatic heterocycles. The summed E-state index contributed by atoms with van der Waals surface area (Å²) < 4.78 is 35.8. The fourth-order valence-corrected chi connectivity index (χ4v) is 4.16. The Morgan fingerprint density at radius 3 is 2.35 bits per heavy atom. The highest BCUT2D eigenvalue weighted by molar-refractivity contribution is 7.89. The first kappa shape index (κ1) is 20.4. The Kier molecular flexibility index (Phi) is 6.80. The maximum Gasteiger partial charge on any atom is 0.348 e. The zero-order chi connectivity index (χ0) is 19.3. The Morgan fingerprint density at radius 2 is 1.81 bits per heavy atom. The minimum atomic E-state index is -3.45. The summed E-state index contributed by atoms with van der Waals surface area (Å²) in [7, 11) is -0.497. The summed E-state index contributed by atoms with van der Waals surface area (Å²) in [5, 5.41) is 0. The molecule has 0 aliphatic rings. The van der Waals surface area contributed by atoms with Gasteiger partial charge in [0.05, 0.1) is 4.90 Å². The van der Waals surface area contributed by atoms with Crippen molar-refractivity contribution < 1.29 is 22.7 Å². The molecule has 1 heterocycles. The first-order valence-electron chi connectivity index (χ1n) is 8.17. The molecule has 2 aromatic rings. The fraction of sp³-hybridized carbons (Fsp3) is 0.389. The van der Waals surface area contributed by atoms with Crippen molar-refractivity contribution in [3.8, 4) is 5.75 Å². The van der Waals surface area contributed by atoms with Gasteiger partial charge < -0.3 is 9.47 Å². The molecular weight excluding hydrogens is 374 g/mol. The lowest BCUT2D eigenvalue weighted by Crippen LogP contribution is -2.22. The normalized spacial score (nSPS) is 11.6. The number of hydrogen-bond donors (Lipinski definition) is 0. The molecular formula is C18H23NO5S2. The number of carbonyl (C=O) groups is 1. The van der Waals surface area contributed by atoms with Gasteiger partial charge in [0, 0.05) is 19.0 Å². The van der Waals surface area contributed by atoms with Crippen molar-refractivity contribution in [2.24, 2.45) is 0 Å². The third kappa shape index (κ3) is 4.84. The molecule has 0 aliphatic carbocycles. The molecule has 26 heavy (non-hydrogen) atoms. The molecule has 2 rings (SSSR count). The van der Waals surface area contributed by atoms with E-state index in [1.54, 1.807) is 12.1 Å². The number of ether oxygens (including phenoxy) is 2. The van der Waals surface area contributed by atoms with E-state index < -0.39 is 10.0 Å². The minimum absolute atomic E-state index is 0.120. The van der Waals surface area contributed by atoms with E-state index in [2.05, 4.69) is 6.92 Å². The second-order valence-corrected chi connectivity index (χ2v) is 9.10. The van der Waals surface area contributed by atoms with Crippen molar-refractivity contribution in [1.82, 2.24) is 4.31 Å². The molecule has 0 atom stereocenters. The summed E-state index contributed by atoms with van der Waals surface area (Å²) in [5.74, 6) is 0.160. The van der Waals surface area contributed by atoms with Crippen molar-refractivity contribution in [2.45, 2.75) is 25.2 Å². The molecule has 0 amide bonds. The number of hydrogen-bond acceptors (Lipinski definition) is 6. The lowest BCUT2D eigenvalue weighted by Gasteiger charge is -2.12. The molecule has 6 nitrogen and oxygen atoms in total. The zero-order valence-corrected chi connectivity index (χ0v) is 16.9. The lowest BCUT2D eigenvalue weighted by atomic mass is 10.2. The highest BCUT2D eigenvalue weighted by Gasteiger charge is 2.17. The fourth-order valence-electron chi connectivity index (χ4n) is 2.26. The van der Waals surface area contributed by atoms with Gasteiger partial charge in [-0.1, -0.05) is 6.92 Å². The van der Waals surface area contributed by atoms with E-state index in [0.717, 1.165) is 16.3 Å². The summed E-state index contributed by atoms with van der Waals surface area (Å²) in [5.41, 5.74) is 1.11. The number of sulfonamides is 1. The lowest BCUT2D eigenvalue weighted by molar-refractivity contribution is 0.0456. The van der Waals surface area contributed by atoms with Gasteiger partial charge in [-0.05, 0) is 49.2 Å². The topological polar surface area (TPSA) is 72.9 Å². The highest BCUT2D eigenvalue weighted by Crippen LogP contribution is 2.23. The summed E-state index contributed by atoms with van der Waals surface area (Å²) >= 11 is 1.45. The molecule has 0 bridgehead atoms. The molecule has 0 spiro atoms. The van der Waals surface area contributed by atoms with Crippen LogP contribution in [0, 0.1) is 6.92 Å². The van der Waals surface area contributed by atoms with Crippen LogP contribution in [0.3, 0.4) is 0 Å². The van der Waals surface area contributed by atoms with Crippen molar-refractivity contribution >= 4 is 27.3 Å². The molecule has 0 unspecified atom stereocenters. The Labute approximate surface area is 158 Å². The third-order valence-corrected chi connectivity index (χ3v) is 6.92. The summed E-state index contributed by atoms with van der Waals surface area (Å²) in [4.78, 5) is 14.0. The van der Waals surface area contributed by atoms with Gasteiger partial charge in [-0.3, -0.25) is 0 Å². The molecule has 0 saturated heterocycles. The summed E-state index contributed by atoms with van der Waals surface area (Å²) in [6, 6.07) is 7.97. The van der Waals surface area contributed by atoms with Crippen LogP contribution >= 0.6 is 11.3 Å². The van der Waals surface area contributed by atoms with E-state index in [1.165, 1.54) is 42.4 Å². The number of nitrogens with zero attached hydrogens (tertiary/aromatic N) is 1. The van der Waals surface area contributed by atoms with E-state index in [9.17, 15) is 13.2 Å². The van der Waals surface area contributed by atoms with Crippen LogP contribution in [0.15, 0.2) is 35.2 Å². The minimum Gasteiger partial charge on any atom is -0.490 e. The first-order chi connectivity index (χ1) is 12.3. The smallest absolute Gasteiger partial charge is 0.348 e. The van der Waals surface area contributed by atoms with Crippen LogP contribution in [-0.2, 0) is 21.2 Å². The Balaban J connectivity index is 1.83. The van der Waals surface area contributed by atoms with Crippen LogP contribution in [0.25, 0.3) is 0 Å². The van der Waals surface area contributed by atoms with Gasteiger partial charge in [0.2, 0.25) is 10.0 Å². The monoisotopic (exact) mass is 397 g/mol. The molecule has 8 heteroatoms. The quantitative estimate of drug-likeness (QED) is 0.505. The number of rotatable bonds is 8. The van der Waals surface area contributed by atoms with E-state index in [1.807, 2.05) is 13.0 Å². The maximum atomic E-state index is 12.0. The van der Waals surface area contributed by atoms with E-state index in [4.69, 9.17) is 9.47 Å². The zero-order valence-electron chi connectivity index (χ0n) is 15.3. The van der Waals surface area contributed by atoms with Crippen LogP contribution < -0.4 is 4.74 Å². The molecule has 0 radical (unpaired) electrons. The number of carbonyl (C=O) groups excluding carboxylic acids is 1. The number of esters is 1. The third-order valence-electron chi connectivity index (χ3n) is 3.73. The number of benzene rings is 1. The van der Waals surface area contributed by atoms with Gasteiger partial charge in [0.25, 0.3) is 0 Å². The predicted molar refractivity (Wildman–Crippen MR) is 102 cm³/mol. The van der Waals surface area contributed by atoms with Gasteiger partial charge >= 0.3 is 5.97 Å². The number of thiophene rings is 1.